The lowest BCUT2D eigenvalue weighted by Gasteiger charge is -2.33. The quantitative estimate of drug-likeness (QED) is 0.811. The van der Waals surface area contributed by atoms with E-state index in [0.717, 1.165) is 24.3 Å². The van der Waals surface area contributed by atoms with Crippen LogP contribution in [0.3, 0.4) is 0 Å². The van der Waals surface area contributed by atoms with Crippen LogP contribution in [0.25, 0.3) is 0 Å². The lowest BCUT2D eigenvalue weighted by atomic mass is 9.74. The number of hydrogen-bond donors (Lipinski definition) is 1. The van der Waals surface area contributed by atoms with Gasteiger partial charge in [0.15, 0.2) is 0 Å². The van der Waals surface area contributed by atoms with Crippen molar-refractivity contribution >= 4 is 0 Å². The van der Waals surface area contributed by atoms with Crippen molar-refractivity contribution in [3.63, 3.8) is 0 Å². The van der Waals surface area contributed by atoms with Crippen LogP contribution in [-0.2, 0) is 0 Å². The summed E-state index contributed by atoms with van der Waals surface area (Å²) >= 11 is 0. The molecule has 20 heavy (non-hydrogen) atoms. The van der Waals surface area contributed by atoms with Crippen molar-refractivity contribution in [1.29, 1.82) is 0 Å². The molecule has 1 heteroatoms. The standard InChI is InChI=1S/C19H31N/c1-14(2)12-20-13-17-9-5-6-10-19(17)18-11-7-8-15(3)16(18)4/h7-8,11,14,17,19-20H,5-6,9-10,12-13H2,1-4H3. The van der Waals surface area contributed by atoms with Gasteiger partial charge in [0.1, 0.15) is 0 Å². The van der Waals surface area contributed by atoms with Crippen molar-refractivity contribution in [2.24, 2.45) is 11.8 Å². The molecule has 2 atom stereocenters. The fraction of sp³-hybridized carbons (Fsp3) is 0.684. The average Bonchev–Trinajstić information content (AvgIpc) is 2.42. The van der Waals surface area contributed by atoms with Crippen LogP contribution < -0.4 is 5.32 Å². The third-order valence-electron chi connectivity index (χ3n) is 4.91. The first-order chi connectivity index (χ1) is 9.59. The summed E-state index contributed by atoms with van der Waals surface area (Å²) in [5.74, 6) is 2.34. The van der Waals surface area contributed by atoms with E-state index in [4.69, 9.17) is 0 Å². The zero-order chi connectivity index (χ0) is 14.5. The third-order valence-corrected chi connectivity index (χ3v) is 4.91. The van der Waals surface area contributed by atoms with Crippen molar-refractivity contribution in [3.8, 4) is 0 Å². The minimum atomic E-state index is 0.748. The Morgan fingerprint density at radius 1 is 1.15 bits per heavy atom. The summed E-state index contributed by atoms with van der Waals surface area (Å²) in [5.41, 5.74) is 4.58. The maximum absolute atomic E-state index is 3.69. The van der Waals surface area contributed by atoms with Crippen LogP contribution in [-0.4, -0.2) is 13.1 Å². The third kappa shape index (κ3) is 3.85. The molecule has 1 N–H and O–H groups in total. The van der Waals surface area contributed by atoms with Gasteiger partial charge in [-0.1, -0.05) is 44.9 Å². The van der Waals surface area contributed by atoms with Crippen LogP contribution >= 0.6 is 0 Å². The van der Waals surface area contributed by atoms with Crippen molar-refractivity contribution in [1.82, 2.24) is 5.32 Å². The molecule has 0 aromatic heterocycles. The van der Waals surface area contributed by atoms with Crippen molar-refractivity contribution in [2.75, 3.05) is 13.1 Å². The summed E-state index contributed by atoms with van der Waals surface area (Å²) in [6, 6.07) is 6.85. The molecule has 0 heterocycles. The molecule has 0 spiro atoms. The highest BCUT2D eigenvalue weighted by molar-refractivity contribution is 5.36. The normalized spacial score (nSPS) is 23.2. The van der Waals surface area contributed by atoms with Crippen LogP contribution in [0, 0.1) is 25.7 Å². The van der Waals surface area contributed by atoms with E-state index in [1.165, 1.54) is 43.4 Å². The molecule has 112 valence electrons. The maximum Gasteiger partial charge on any atom is -0.00146 e. The van der Waals surface area contributed by atoms with E-state index in [1.54, 1.807) is 5.56 Å². The van der Waals surface area contributed by atoms with Crippen LogP contribution in [0.1, 0.15) is 62.1 Å². The second-order valence-electron chi connectivity index (χ2n) is 6.99. The van der Waals surface area contributed by atoms with E-state index in [2.05, 4.69) is 51.2 Å². The van der Waals surface area contributed by atoms with Crippen LogP contribution in [0.5, 0.6) is 0 Å². The minimum Gasteiger partial charge on any atom is -0.316 e. The first-order valence-corrected chi connectivity index (χ1v) is 8.36. The lowest BCUT2D eigenvalue weighted by molar-refractivity contribution is 0.291. The molecule has 1 saturated carbocycles. The first-order valence-electron chi connectivity index (χ1n) is 8.36. The molecular formula is C19H31N. The largest absolute Gasteiger partial charge is 0.316 e. The molecule has 0 saturated heterocycles. The SMILES string of the molecule is Cc1cccc(C2CCCCC2CNCC(C)C)c1C. The summed E-state index contributed by atoms with van der Waals surface area (Å²) in [7, 11) is 0. The Labute approximate surface area is 125 Å². The van der Waals surface area contributed by atoms with Crippen molar-refractivity contribution in [2.45, 2.75) is 59.3 Å². The monoisotopic (exact) mass is 273 g/mol. The van der Waals surface area contributed by atoms with Gasteiger partial charge in [-0.25, -0.2) is 0 Å². The van der Waals surface area contributed by atoms with Gasteiger partial charge < -0.3 is 5.32 Å². The zero-order valence-corrected chi connectivity index (χ0v) is 13.7. The fourth-order valence-corrected chi connectivity index (χ4v) is 3.59. The molecule has 1 aromatic carbocycles. The summed E-state index contributed by atoms with van der Waals surface area (Å²) < 4.78 is 0. The zero-order valence-electron chi connectivity index (χ0n) is 13.7. The van der Waals surface area contributed by atoms with Gasteiger partial charge in [-0.3, -0.25) is 0 Å². The molecule has 1 aliphatic carbocycles. The molecular weight excluding hydrogens is 242 g/mol. The molecule has 1 fully saturated rings. The summed E-state index contributed by atoms with van der Waals surface area (Å²) in [4.78, 5) is 0. The van der Waals surface area contributed by atoms with Gasteiger partial charge in [0.25, 0.3) is 0 Å². The second kappa shape index (κ2) is 7.26. The molecule has 2 unspecified atom stereocenters. The van der Waals surface area contributed by atoms with Gasteiger partial charge in [-0.15, -0.1) is 0 Å². The Morgan fingerprint density at radius 3 is 2.65 bits per heavy atom. The lowest BCUT2D eigenvalue weighted by Crippen LogP contribution is -2.31. The van der Waals surface area contributed by atoms with Crippen molar-refractivity contribution in [3.05, 3.63) is 34.9 Å². The van der Waals surface area contributed by atoms with Gasteiger partial charge in [0.2, 0.25) is 0 Å². The molecule has 2 rings (SSSR count). The van der Waals surface area contributed by atoms with E-state index < -0.39 is 0 Å². The Bertz CT molecular complexity index is 422. The maximum atomic E-state index is 3.69. The predicted molar refractivity (Wildman–Crippen MR) is 88.3 cm³/mol. The van der Waals surface area contributed by atoms with E-state index in [1.807, 2.05) is 0 Å². The number of nitrogens with one attached hydrogen (secondary N) is 1. The molecule has 0 bridgehead atoms. The molecule has 1 nitrogen and oxygen atoms in total. The number of aryl methyl sites for hydroxylation is 1. The number of hydrogen-bond acceptors (Lipinski definition) is 1. The predicted octanol–water partition coefficient (Wildman–Crippen LogP) is 4.82. The second-order valence-corrected chi connectivity index (χ2v) is 6.99. The summed E-state index contributed by atoms with van der Waals surface area (Å²) in [6.07, 6.45) is 5.58. The van der Waals surface area contributed by atoms with Gasteiger partial charge in [0.05, 0.1) is 0 Å². The molecule has 1 aromatic rings. The minimum absolute atomic E-state index is 0.748. The Morgan fingerprint density at radius 2 is 1.90 bits per heavy atom. The highest BCUT2D eigenvalue weighted by Crippen LogP contribution is 2.39. The van der Waals surface area contributed by atoms with Crippen LogP contribution in [0.4, 0.5) is 0 Å². The highest BCUT2D eigenvalue weighted by atomic mass is 14.9. The Kier molecular flexibility index (Phi) is 5.65. The van der Waals surface area contributed by atoms with Crippen LogP contribution in [0.2, 0.25) is 0 Å². The van der Waals surface area contributed by atoms with Gasteiger partial charge in [-0.05, 0) is 74.2 Å². The molecule has 1 aliphatic rings. The smallest absolute Gasteiger partial charge is 0.00146 e. The number of benzene rings is 1. The summed E-state index contributed by atoms with van der Waals surface area (Å²) in [5, 5.41) is 3.69. The molecule has 0 aliphatic heterocycles. The fourth-order valence-electron chi connectivity index (χ4n) is 3.59. The van der Waals surface area contributed by atoms with Gasteiger partial charge in [0, 0.05) is 0 Å². The van der Waals surface area contributed by atoms with E-state index in [9.17, 15) is 0 Å². The van der Waals surface area contributed by atoms with Gasteiger partial charge >= 0.3 is 0 Å². The van der Waals surface area contributed by atoms with Crippen molar-refractivity contribution < 1.29 is 0 Å². The molecule has 0 radical (unpaired) electrons. The Hall–Kier alpha value is -0.820. The Balaban J connectivity index is 2.08. The first kappa shape index (κ1) is 15.6. The van der Waals surface area contributed by atoms with Crippen LogP contribution in [0.15, 0.2) is 18.2 Å². The van der Waals surface area contributed by atoms with Gasteiger partial charge in [-0.2, -0.15) is 0 Å². The molecule has 0 amide bonds. The average molecular weight is 273 g/mol. The summed E-state index contributed by atoms with van der Waals surface area (Å²) in [6.45, 7) is 11.5. The topological polar surface area (TPSA) is 12.0 Å². The van der Waals surface area contributed by atoms with E-state index >= 15 is 0 Å². The van der Waals surface area contributed by atoms with E-state index in [0.29, 0.717) is 0 Å². The highest BCUT2D eigenvalue weighted by Gasteiger charge is 2.27. The van der Waals surface area contributed by atoms with E-state index in [-0.39, 0.29) is 0 Å². The number of rotatable bonds is 5.